The summed E-state index contributed by atoms with van der Waals surface area (Å²) in [5.74, 6) is -1.27. The molecule has 0 spiro atoms. The molecular formula is C17H22ClF3N2O4S. The first-order valence-electron chi connectivity index (χ1n) is 8.72. The number of alkyl halides is 3. The molecule has 1 aromatic rings. The summed E-state index contributed by atoms with van der Waals surface area (Å²) in [6.45, 7) is 0.729. The predicted molar refractivity (Wildman–Crippen MR) is 97.2 cm³/mol. The highest BCUT2D eigenvalue weighted by molar-refractivity contribution is 7.89. The number of hydrogen-bond donors (Lipinski definition) is 1. The number of nitrogens with zero attached hydrogens (tertiary/aromatic N) is 1. The molecule has 0 saturated carbocycles. The first kappa shape index (κ1) is 22.9. The van der Waals surface area contributed by atoms with Crippen LogP contribution in [0.3, 0.4) is 0 Å². The van der Waals surface area contributed by atoms with E-state index in [1.807, 2.05) is 0 Å². The molecule has 28 heavy (non-hydrogen) atoms. The molecule has 1 aliphatic heterocycles. The minimum Gasteiger partial charge on any atom is -0.381 e. The summed E-state index contributed by atoms with van der Waals surface area (Å²) in [4.78, 5) is 11.8. The summed E-state index contributed by atoms with van der Waals surface area (Å²) < 4.78 is 70.5. The van der Waals surface area contributed by atoms with Gasteiger partial charge in [-0.2, -0.15) is 17.5 Å². The number of primary amides is 1. The van der Waals surface area contributed by atoms with Crippen LogP contribution in [-0.4, -0.2) is 50.6 Å². The zero-order valence-corrected chi connectivity index (χ0v) is 16.6. The molecule has 6 nitrogen and oxygen atoms in total. The fraction of sp³-hybridized carbons (Fsp3) is 0.588. The van der Waals surface area contributed by atoms with E-state index in [9.17, 15) is 26.4 Å². The fourth-order valence-corrected chi connectivity index (χ4v) is 4.88. The van der Waals surface area contributed by atoms with Crippen LogP contribution in [0.5, 0.6) is 0 Å². The molecule has 0 aliphatic carbocycles. The molecule has 0 unspecified atom stereocenters. The molecule has 158 valence electrons. The van der Waals surface area contributed by atoms with Crippen LogP contribution >= 0.6 is 11.6 Å². The van der Waals surface area contributed by atoms with Crippen LogP contribution in [0.25, 0.3) is 0 Å². The summed E-state index contributed by atoms with van der Waals surface area (Å²) in [6.07, 6.45) is -5.52. The lowest BCUT2D eigenvalue weighted by atomic mass is 9.99. The molecule has 0 bridgehead atoms. The van der Waals surface area contributed by atoms with Gasteiger partial charge in [0.1, 0.15) is 6.04 Å². The van der Waals surface area contributed by atoms with Gasteiger partial charge in [-0.1, -0.05) is 11.6 Å². The van der Waals surface area contributed by atoms with Crippen molar-refractivity contribution in [1.82, 2.24) is 4.31 Å². The van der Waals surface area contributed by atoms with Gasteiger partial charge >= 0.3 is 6.18 Å². The lowest BCUT2D eigenvalue weighted by Crippen LogP contribution is -2.50. The van der Waals surface area contributed by atoms with E-state index in [0.717, 1.165) is 4.31 Å². The summed E-state index contributed by atoms with van der Waals surface area (Å²) in [5, 5.41) is 0.304. The van der Waals surface area contributed by atoms with Crippen molar-refractivity contribution in [2.24, 2.45) is 11.7 Å². The molecule has 11 heteroatoms. The van der Waals surface area contributed by atoms with Gasteiger partial charge in [0.25, 0.3) is 0 Å². The van der Waals surface area contributed by atoms with E-state index >= 15 is 0 Å². The Labute approximate surface area is 166 Å². The largest absolute Gasteiger partial charge is 0.389 e. The zero-order chi connectivity index (χ0) is 20.9. The summed E-state index contributed by atoms with van der Waals surface area (Å²) >= 11 is 5.79. The van der Waals surface area contributed by atoms with Crippen molar-refractivity contribution < 1.29 is 31.1 Å². The third-order valence-corrected chi connectivity index (χ3v) is 6.72. The van der Waals surface area contributed by atoms with Crippen LogP contribution in [0, 0.1) is 5.92 Å². The van der Waals surface area contributed by atoms with Crippen LogP contribution in [0.15, 0.2) is 29.2 Å². The van der Waals surface area contributed by atoms with Gasteiger partial charge < -0.3 is 10.5 Å². The number of halogens is 4. The Balaban J connectivity index is 2.38. The van der Waals surface area contributed by atoms with Crippen LogP contribution in [0.2, 0.25) is 5.02 Å². The standard InChI is InChI=1S/C17H22ClF3N2O4S/c18-13-1-3-14(4-2-13)28(25,26)23(11-12-6-9-27-10-7-12)15(16(22)24)5-8-17(19,20)21/h1-4,12,15H,5-11H2,(H2,22,24)/t15-/m1/s1. The third kappa shape index (κ3) is 6.33. The number of benzene rings is 1. The molecular weight excluding hydrogens is 421 g/mol. The predicted octanol–water partition coefficient (Wildman–Crippen LogP) is 2.95. The highest BCUT2D eigenvalue weighted by Gasteiger charge is 2.39. The van der Waals surface area contributed by atoms with Crippen LogP contribution in [0.4, 0.5) is 13.2 Å². The van der Waals surface area contributed by atoms with E-state index < -0.39 is 41.0 Å². The average Bonchev–Trinajstić information content (AvgIpc) is 2.61. The van der Waals surface area contributed by atoms with Gasteiger partial charge in [-0.3, -0.25) is 4.79 Å². The van der Waals surface area contributed by atoms with Crippen LogP contribution in [0.1, 0.15) is 25.7 Å². The Morgan fingerprint density at radius 1 is 1.25 bits per heavy atom. The van der Waals surface area contributed by atoms with Crippen molar-refractivity contribution >= 4 is 27.5 Å². The topological polar surface area (TPSA) is 89.7 Å². The number of hydrogen-bond acceptors (Lipinski definition) is 4. The smallest absolute Gasteiger partial charge is 0.381 e. The average molecular weight is 443 g/mol. The van der Waals surface area contributed by atoms with Gasteiger partial charge in [0.2, 0.25) is 15.9 Å². The highest BCUT2D eigenvalue weighted by atomic mass is 35.5. The fourth-order valence-electron chi connectivity index (χ4n) is 3.05. The third-order valence-electron chi connectivity index (χ3n) is 4.58. The monoisotopic (exact) mass is 442 g/mol. The van der Waals surface area contributed by atoms with Gasteiger partial charge in [0.15, 0.2) is 0 Å². The number of rotatable bonds is 8. The maximum Gasteiger partial charge on any atom is 0.389 e. The van der Waals surface area contributed by atoms with Gasteiger partial charge in [0, 0.05) is 31.2 Å². The normalized spacial score (nSPS) is 17.6. The Kier molecular flexibility index (Phi) is 7.72. The second-order valence-electron chi connectivity index (χ2n) is 6.66. The number of amides is 1. The summed E-state index contributed by atoms with van der Waals surface area (Å²) in [6, 6.07) is 3.60. The maximum absolute atomic E-state index is 13.2. The van der Waals surface area contributed by atoms with Crippen molar-refractivity contribution in [1.29, 1.82) is 0 Å². The lowest BCUT2D eigenvalue weighted by molar-refractivity contribution is -0.140. The lowest BCUT2D eigenvalue weighted by Gasteiger charge is -2.33. The van der Waals surface area contributed by atoms with E-state index in [0.29, 0.717) is 31.1 Å². The Hall–Kier alpha value is -1.36. The minimum atomic E-state index is -4.54. The van der Waals surface area contributed by atoms with Crippen molar-refractivity contribution in [3.05, 3.63) is 29.3 Å². The molecule has 1 heterocycles. The first-order chi connectivity index (χ1) is 13.0. The Bertz CT molecular complexity index is 766. The molecule has 1 aliphatic rings. The van der Waals surface area contributed by atoms with Gasteiger partial charge in [-0.15, -0.1) is 0 Å². The first-order valence-corrected chi connectivity index (χ1v) is 10.5. The van der Waals surface area contributed by atoms with Gasteiger partial charge in [-0.05, 0) is 49.4 Å². The number of carbonyl (C=O) groups is 1. The second kappa shape index (κ2) is 9.43. The molecule has 1 atom stereocenters. The van der Waals surface area contributed by atoms with Gasteiger partial charge in [-0.25, -0.2) is 8.42 Å². The van der Waals surface area contributed by atoms with E-state index in [1.165, 1.54) is 24.3 Å². The SMILES string of the molecule is NC(=O)[C@@H](CCC(F)(F)F)N(CC1CCOCC1)S(=O)(=O)c1ccc(Cl)cc1. The number of carbonyl (C=O) groups excluding carboxylic acids is 1. The van der Waals surface area contributed by atoms with Crippen molar-refractivity contribution in [3.63, 3.8) is 0 Å². The molecule has 1 aromatic carbocycles. The van der Waals surface area contributed by atoms with E-state index in [4.69, 9.17) is 22.1 Å². The molecule has 2 rings (SSSR count). The quantitative estimate of drug-likeness (QED) is 0.670. The molecule has 0 aromatic heterocycles. The zero-order valence-electron chi connectivity index (χ0n) is 15.0. The van der Waals surface area contributed by atoms with E-state index in [-0.39, 0.29) is 17.4 Å². The van der Waals surface area contributed by atoms with Crippen LogP contribution < -0.4 is 5.73 Å². The Morgan fingerprint density at radius 3 is 2.32 bits per heavy atom. The molecule has 1 saturated heterocycles. The maximum atomic E-state index is 13.2. The highest BCUT2D eigenvalue weighted by Crippen LogP contribution is 2.29. The van der Waals surface area contributed by atoms with Gasteiger partial charge in [0.05, 0.1) is 4.90 Å². The summed E-state index contributed by atoms with van der Waals surface area (Å²) in [5.41, 5.74) is 5.31. The van der Waals surface area contributed by atoms with Crippen molar-refractivity contribution in [2.75, 3.05) is 19.8 Å². The number of ether oxygens (including phenoxy) is 1. The number of nitrogens with two attached hydrogens (primary N) is 1. The Morgan fingerprint density at radius 2 is 1.82 bits per heavy atom. The molecule has 2 N–H and O–H groups in total. The van der Waals surface area contributed by atoms with E-state index in [1.54, 1.807) is 0 Å². The van der Waals surface area contributed by atoms with Crippen LogP contribution in [-0.2, 0) is 19.6 Å². The number of sulfonamides is 1. The molecule has 1 amide bonds. The minimum absolute atomic E-state index is 0.111. The van der Waals surface area contributed by atoms with E-state index in [2.05, 4.69) is 0 Å². The van der Waals surface area contributed by atoms with Crippen molar-refractivity contribution in [2.45, 2.75) is 42.8 Å². The van der Waals surface area contributed by atoms with Crippen molar-refractivity contribution in [3.8, 4) is 0 Å². The summed E-state index contributed by atoms with van der Waals surface area (Å²) in [7, 11) is -4.26. The molecule has 0 radical (unpaired) electrons. The second-order valence-corrected chi connectivity index (χ2v) is 8.98. The molecule has 1 fully saturated rings.